The van der Waals surface area contributed by atoms with Crippen molar-refractivity contribution in [3.8, 4) is 11.5 Å². The van der Waals surface area contributed by atoms with Crippen LogP contribution in [-0.4, -0.2) is 55.1 Å². The third-order valence-corrected chi connectivity index (χ3v) is 7.72. The second-order valence-electron chi connectivity index (χ2n) is 9.76. The van der Waals surface area contributed by atoms with E-state index in [1.165, 1.54) is 6.92 Å². The zero-order valence-electron chi connectivity index (χ0n) is 23.3. The maximum atomic E-state index is 13.0. The Morgan fingerprint density at radius 1 is 1.10 bits per heavy atom. The highest BCUT2D eigenvalue weighted by Crippen LogP contribution is 2.30. The number of thiazole rings is 1. The van der Waals surface area contributed by atoms with Crippen LogP contribution in [0.3, 0.4) is 0 Å². The summed E-state index contributed by atoms with van der Waals surface area (Å²) >= 11 is 1.13. The number of hydrogen-bond donors (Lipinski definition) is 1. The number of carbonyl (C=O) groups excluding carboxylic acids is 3. The number of carbonyl (C=O) groups is 3. The Hall–Kier alpha value is -3.92. The number of aromatic nitrogens is 1. The van der Waals surface area contributed by atoms with E-state index in [2.05, 4.69) is 32.1 Å². The fourth-order valence-corrected chi connectivity index (χ4v) is 5.50. The highest BCUT2D eigenvalue weighted by molar-refractivity contribution is 7.17. The minimum atomic E-state index is -0.542. The predicted molar refractivity (Wildman–Crippen MR) is 155 cm³/mol. The van der Waals surface area contributed by atoms with Crippen LogP contribution in [0.15, 0.2) is 48.5 Å². The molecule has 3 aromatic rings. The number of aryl methyl sites for hydroxylation is 1. The standard InChI is InChI=1S/C30H35N3O6S/c1-5-37-24-12-8-23(9-13-24)33-15-14-26(17-33)39-25-10-6-22(7-11-25)19(2)16-27(35)29-20(3)31-30(40-29)32-28(36)18-38-21(4)34/h6-13,19,26H,5,14-18H2,1-4H3,(H,31,32,36)/t19-,26-/m1/s1. The molecule has 0 aliphatic carbocycles. The van der Waals surface area contributed by atoms with Gasteiger partial charge < -0.3 is 19.1 Å². The molecular formula is C30H35N3O6S. The number of anilines is 2. The van der Waals surface area contributed by atoms with Crippen LogP contribution in [0.4, 0.5) is 10.8 Å². The molecule has 4 rings (SSSR count). The Morgan fingerprint density at radius 2 is 1.80 bits per heavy atom. The summed E-state index contributed by atoms with van der Waals surface area (Å²) in [5.74, 6) is 0.603. The molecule has 9 nitrogen and oxygen atoms in total. The molecular weight excluding hydrogens is 530 g/mol. The summed E-state index contributed by atoms with van der Waals surface area (Å²) in [5.41, 5.74) is 2.76. The van der Waals surface area contributed by atoms with E-state index >= 15 is 0 Å². The molecule has 40 heavy (non-hydrogen) atoms. The van der Waals surface area contributed by atoms with Crippen molar-refractivity contribution in [3.05, 3.63) is 64.7 Å². The summed E-state index contributed by atoms with van der Waals surface area (Å²) in [6.07, 6.45) is 1.36. The number of esters is 1. The van der Waals surface area contributed by atoms with Crippen LogP contribution in [0.25, 0.3) is 0 Å². The molecule has 0 unspecified atom stereocenters. The molecule has 0 radical (unpaired) electrons. The lowest BCUT2D eigenvalue weighted by atomic mass is 9.95. The van der Waals surface area contributed by atoms with Gasteiger partial charge >= 0.3 is 5.97 Å². The number of hydrogen-bond acceptors (Lipinski definition) is 9. The van der Waals surface area contributed by atoms with Gasteiger partial charge in [-0.3, -0.25) is 19.7 Å². The van der Waals surface area contributed by atoms with Crippen molar-refractivity contribution < 1.29 is 28.6 Å². The summed E-state index contributed by atoms with van der Waals surface area (Å²) in [6.45, 7) is 8.97. The first-order valence-electron chi connectivity index (χ1n) is 13.4. The second-order valence-corrected chi connectivity index (χ2v) is 10.8. The molecule has 1 amide bonds. The topological polar surface area (TPSA) is 107 Å². The van der Waals surface area contributed by atoms with Crippen LogP contribution in [-0.2, 0) is 14.3 Å². The molecule has 0 spiro atoms. The van der Waals surface area contributed by atoms with Crippen LogP contribution in [0.2, 0.25) is 0 Å². The van der Waals surface area contributed by atoms with E-state index in [0.29, 0.717) is 28.7 Å². The Morgan fingerprint density at radius 3 is 2.48 bits per heavy atom. The summed E-state index contributed by atoms with van der Waals surface area (Å²) in [5, 5.41) is 2.88. The van der Waals surface area contributed by atoms with E-state index in [-0.39, 0.29) is 17.8 Å². The van der Waals surface area contributed by atoms with Gasteiger partial charge in [0.05, 0.1) is 23.7 Å². The van der Waals surface area contributed by atoms with Gasteiger partial charge in [0, 0.05) is 32.0 Å². The summed E-state index contributed by atoms with van der Waals surface area (Å²) in [6, 6.07) is 16.1. The fourth-order valence-electron chi connectivity index (χ4n) is 4.57. The van der Waals surface area contributed by atoms with Gasteiger partial charge in [0.1, 0.15) is 17.6 Å². The molecule has 1 aromatic heterocycles. The number of nitrogens with one attached hydrogen (secondary N) is 1. The highest BCUT2D eigenvalue weighted by Gasteiger charge is 2.25. The van der Waals surface area contributed by atoms with Crippen LogP contribution in [0.5, 0.6) is 11.5 Å². The van der Waals surface area contributed by atoms with Gasteiger partial charge in [0.25, 0.3) is 5.91 Å². The number of ketones is 1. The van der Waals surface area contributed by atoms with Crippen molar-refractivity contribution in [3.63, 3.8) is 0 Å². The number of benzene rings is 2. The fraction of sp³-hybridized carbons (Fsp3) is 0.400. The molecule has 10 heteroatoms. The predicted octanol–water partition coefficient (Wildman–Crippen LogP) is 5.39. The van der Waals surface area contributed by atoms with Crippen molar-refractivity contribution >= 4 is 39.8 Å². The average Bonchev–Trinajstić information content (AvgIpc) is 3.54. The molecule has 212 valence electrons. The van der Waals surface area contributed by atoms with Gasteiger partial charge in [-0.1, -0.05) is 30.4 Å². The third kappa shape index (κ3) is 7.81. The molecule has 1 saturated heterocycles. The van der Waals surface area contributed by atoms with Gasteiger partial charge in [-0.15, -0.1) is 0 Å². The monoisotopic (exact) mass is 565 g/mol. The number of nitrogens with zero attached hydrogens (tertiary/aromatic N) is 2. The minimum Gasteiger partial charge on any atom is -0.494 e. The zero-order chi connectivity index (χ0) is 28.6. The third-order valence-electron chi connectivity index (χ3n) is 6.60. The molecule has 2 aromatic carbocycles. The van der Waals surface area contributed by atoms with Gasteiger partial charge in [-0.25, -0.2) is 4.98 Å². The Labute approximate surface area is 238 Å². The normalized spacial score (nSPS) is 15.4. The van der Waals surface area contributed by atoms with Gasteiger partial charge in [0.15, 0.2) is 17.5 Å². The SMILES string of the molecule is CCOc1ccc(N2CC[C@@H](Oc3ccc([C@H](C)CC(=O)c4sc(NC(=O)COC(C)=O)nc4C)cc3)C2)cc1. The first kappa shape index (κ1) is 29.1. The first-order valence-corrected chi connectivity index (χ1v) is 14.2. The van der Waals surface area contributed by atoms with Crippen LogP contribution in [0, 0.1) is 6.92 Å². The summed E-state index contributed by atoms with van der Waals surface area (Å²) < 4.78 is 16.5. The maximum Gasteiger partial charge on any atom is 0.303 e. The molecule has 1 aliphatic rings. The molecule has 2 heterocycles. The second kappa shape index (κ2) is 13.4. The first-order chi connectivity index (χ1) is 19.2. The number of Topliss-reactive ketones (excluding diaryl/α,β-unsaturated/α-hetero) is 1. The average molecular weight is 566 g/mol. The Bertz CT molecular complexity index is 1320. The van der Waals surface area contributed by atoms with E-state index in [4.69, 9.17) is 9.47 Å². The Balaban J connectivity index is 1.27. The molecule has 2 atom stereocenters. The van der Waals surface area contributed by atoms with Crippen molar-refractivity contribution in [2.24, 2.45) is 0 Å². The van der Waals surface area contributed by atoms with E-state index < -0.39 is 18.5 Å². The van der Waals surface area contributed by atoms with Crippen molar-refractivity contribution in [2.75, 3.05) is 36.5 Å². The van der Waals surface area contributed by atoms with E-state index in [1.807, 2.05) is 50.2 Å². The largest absolute Gasteiger partial charge is 0.494 e. The summed E-state index contributed by atoms with van der Waals surface area (Å²) in [7, 11) is 0. The Kier molecular flexibility index (Phi) is 9.76. The van der Waals surface area contributed by atoms with E-state index in [0.717, 1.165) is 53.6 Å². The van der Waals surface area contributed by atoms with Gasteiger partial charge in [0.2, 0.25) is 0 Å². The van der Waals surface area contributed by atoms with Crippen molar-refractivity contribution in [1.82, 2.24) is 4.98 Å². The lowest BCUT2D eigenvalue weighted by Gasteiger charge is -2.19. The maximum absolute atomic E-state index is 13.0. The molecule has 1 aliphatic heterocycles. The summed E-state index contributed by atoms with van der Waals surface area (Å²) in [4.78, 5) is 42.9. The zero-order valence-corrected chi connectivity index (χ0v) is 24.1. The number of rotatable bonds is 12. The van der Waals surface area contributed by atoms with Crippen LogP contribution < -0.4 is 19.7 Å². The van der Waals surface area contributed by atoms with Gasteiger partial charge in [-0.05, 0) is 61.7 Å². The minimum absolute atomic E-state index is 0.00770. The number of ether oxygens (including phenoxy) is 3. The smallest absolute Gasteiger partial charge is 0.303 e. The van der Waals surface area contributed by atoms with Crippen molar-refractivity contribution in [1.29, 1.82) is 0 Å². The van der Waals surface area contributed by atoms with Crippen LogP contribution >= 0.6 is 11.3 Å². The van der Waals surface area contributed by atoms with Gasteiger partial charge in [-0.2, -0.15) is 0 Å². The highest BCUT2D eigenvalue weighted by atomic mass is 32.1. The molecule has 0 saturated carbocycles. The van der Waals surface area contributed by atoms with E-state index in [1.54, 1.807) is 6.92 Å². The van der Waals surface area contributed by atoms with E-state index in [9.17, 15) is 14.4 Å². The number of amides is 1. The molecule has 1 N–H and O–H groups in total. The molecule has 0 bridgehead atoms. The lowest BCUT2D eigenvalue weighted by molar-refractivity contribution is -0.144. The van der Waals surface area contributed by atoms with Crippen LogP contribution in [0.1, 0.15) is 60.5 Å². The molecule has 1 fully saturated rings. The van der Waals surface area contributed by atoms with Crippen molar-refractivity contribution in [2.45, 2.75) is 52.6 Å². The quantitative estimate of drug-likeness (QED) is 0.230. The lowest BCUT2D eigenvalue weighted by Crippen LogP contribution is -2.24.